The van der Waals surface area contributed by atoms with Crippen LogP contribution in [-0.4, -0.2) is 64.2 Å². The van der Waals surface area contributed by atoms with E-state index >= 15 is 0 Å². The Labute approximate surface area is 214 Å². The van der Waals surface area contributed by atoms with Crippen molar-refractivity contribution in [3.63, 3.8) is 0 Å². The second-order valence-electron chi connectivity index (χ2n) is 10.9. The first-order valence-corrected chi connectivity index (χ1v) is 13.5. The highest BCUT2D eigenvalue weighted by Crippen LogP contribution is 2.65. The van der Waals surface area contributed by atoms with E-state index in [0.717, 1.165) is 24.8 Å². The fourth-order valence-corrected chi connectivity index (χ4v) is 6.76. The van der Waals surface area contributed by atoms with Gasteiger partial charge in [-0.25, -0.2) is 0 Å². The van der Waals surface area contributed by atoms with E-state index < -0.39 is 35.1 Å². The Balaban J connectivity index is 1.66. The molecule has 36 heavy (non-hydrogen) atoms. The number of carbonyl (C=O) groups is 3. The zero-order chi connectivity index (χ0) is 26.1. The number of benzene rings is 1. The number of aliphatic hydroxyl groups is 1. The molecule has 3 aliphatic rings. The van der Waals surface area contributed by atoms with E-state index in [1.54, 1.807) is 0 Å². The molecule has 7 atom stereocenters. The van der Waals surface area contributed by atoms with Crippen LogP contribution in [-0.2, 0) is 25.7 Å². The van der Waals surface area contributed by atoms with Gasteiger partial charge in [0.15, 0.2) is 0 Å². The van der Waals surface area contributed by atoms with Crippen LogP contribution < -0.4 is 10.6 Å². The molecule has 3 heterocycles. The maximum absolute atomic E-state index is 14.0. The average molecular weight is 500 g/mol. The van der Waals surface area contributed by atoms with Gasteiger partial charge in [0.1, 0.15) is 11.6 Å². The SMILES string of the molecule is CCCCCNC(=O)C1N([C@@H](CC)CO)C(=O)[C@@H]2[C@@H](C(=O)NCc3ccccc3)[C@]3(C)OC12CC3C. The number of nitrogens with one attached hydrogen (secondary N) is 2. The molecular weight excluding hydrogens is 458 g/mol. The Kier molecular flexibility index (Phi) is 7.76. The number of nitrogens with zero attached hydrogens (tertiary/aromatic N) is 1. The van der Waals surface area contributed by atoms with Crippen molar-refractivity contribution in [1.82, 2.24) is 15.5 Å². The van der Waals surface area contributed by atoms with Crippen molar-refractivity contribution >= 4 is 17.7 Å². The summed E-state index contributed by atoms with van der Waals surface area (Å²) in [6.07, 6.45) is 3.92. The summed E-state index contributed by atoms with van der Waals surface area (Å²) >= 11 is 0. The molecule has 198 valence electrons. The first kappa shape index (κ1) is 26.6. The van der Waals surface area contributed by atoms with Crippen LogP contribution in [0.2, 0.25) is 0 Å². The summed E-state index contributed by atoms with van der Waals surface area (Å²) in [5.41, 5.74) is -0.968. The van der Waals surface area contributed by atoms with Crippen LogP contribution in [0.15, 0.2) is 30.3 Å². The maximum Gasteiger partial charge on any atom is 0.245 e. The lowest BCUT2D eigenvalue weighted by Gasteiger charge is -2.36. The van der Waals surface area contributed by atoms with Crippen LogP contribution in [0.5, 0.6) is 0 Å². The van der Waals surface area contributed by atoms with E-state index in [2.05, 4.69) is 17.6 Å². The molecular formula is C28H41N3O5. The summed E-state index contributed by atoms with van der Waals surface area (Å²) in [5.74, 6) is -2.24. The Morgan fingerprint density at radius 3 is 2.53 bits per heavy atom. The van der Waals surface area contributed by atoms with Crippen molar-refractivity contribution in [3.8, 4) is 0 Å². The Morgan fingerprint density at radius 1 is 1.17 bits per heavy atom. The highest BCUT2D eigenvalue weighted by molar-refractivity contribution is 5.99. The van der Waals surface area contributed by atoms with Crippen molar-refractivity contribution in [2.75, 3.05) is 13.2 Å². The molecule has 2 bridgehead atoms. The van der Waals surface area contributed by atoms with E-state index in [1.807, 2.05) is 51.1 Å². The molecule has 3 amide bonds. The Morgan fingerprint density at radius 2 is 1.89 bits per heavy atom. The van der Waals surface area contributed by atoms with E-state index in [4.69, 9.17) is 4.74 Å². The fraction of sp³-hybridized carbons (Fsp3) is 0.679. The first-order valence-electron chi connectivity index (χ1n) is 13.5. The van der Waals surface area contributed by atoms with Gasteiger partial charge in [-0.2, -0.15) is 0 Å². The molecule has 8 heteroatoms. The molecule has 3 unspecified atom stereocenters. The topological polar surface area (TPSA) is 108 Å². The number of unbranched alkanes of at least 4 members (excludes halogenated alkanes) is 2. The second kappa shape index (κ2) is 10.5. The molecule has 3 fully saturated rings. The average Bonchev–Trinajstić information content (AvgIpc) is 3.39. The minimum atomic E-state index is -1.09. The van der Waals surface area contributed by atoms with Crippen molar-refractivity contribution in [3.05, 3.63) is 35.9 Å². The summed E-state index contributed by atoms with van der Waals surface area (Å²) in [4.78, 5) is 42.9. The molecule has 3 saturated heterocycles. The molecule has 4 rings (SSSR count). The fourth-order valence-electron chi connectivity index (χ4n) is 6.76. The van der Waals surface area contributed by atoms with Gasteiger partial charge in [0.2, 0.25) is 17.7 Å². The summed E-state index contributed by atoms with van der Waals surface area (Å²) in [7, 11) is 0. The number of aliphatic hydroxyl groups excluding tert-OH is 1. The van der Waals surface area contributed by atoms with Gasteiger partial charge in [-0.1, -0.05) is 63.9 Å². The third-order valence-electron chi connectivity index (χ3n) is 8.75. The first-order chi connectivity index (χ1) is 17.2. The smallest absolute Gasteiger partial charge is 0.245 e. The summed E-state index contributed by atoms with van der Waals surface area (Å²) < 4.78 is 6.70. The molecule has 0 aromatic heterocycles. The molecule has 1 spiro atoms. The largest absolute Gasteiger partial charge is 0.394 e. The number of amides is 3. The van der Waals surface area contributed by atoms with Crippen molar-refractivity contribution < 1.29 is 24.2 Å². The lowest BCUT2D eigenvalue weighted by atomic mass is 9.62. The summed E-state index contributed by atoms with van der Waals surface area (Å²) in [6.45, 7) is 8.57. The Bertz CT molecular complexity index is 967. The van der Waals surface area contributed by atoms with Crippen molar-refractivity contribution in [2.45, 2.75) is 89.6 Å². The minimum absolute atomic E-state index is 0.0152. The van der Waals surface area contributed by atoms with Crippen molar-refractivity contribution in [1.29, 1.82) is 0 Å². The minimum Gasteiger partial charge on any atom is -0.394 e. The van der Waals surface area contributed by atoms with Gasteiger partial charge >= 0.3 is 0 Å². The monoisotopic (exact) mass is 499 g/mol. The number of hydrogen-bond acceptors (Lipinski definition) is 5. The number of likely N-dealkylation sites (tertiary alicyclic amines) is 1. The van der Waals surface area contributed by atoms with E-state index in [0.29, 0.717) is 25.9 Å². The highest BCUT2D eigenvalue weighted by Gasteiger charge is 2.80. The molecule has 1 aromatic rings. The van der Waals surface area contributed by atoms with E-state index in [9.17, 15) is 19.5 Å². The lowest BCUT2D eigenvalue weighted by Crippen LogP contribution is -2.58. The molecule has 0 aliphatic carbocycles. The zero-order valence-electron chi connectivity index (χ0n) is 22.0. The molecule has 3 aliphatic heterocycles. The highest BCUT2D eigenvalue weighted by atomic mass is 16.5. The quantitative estimate of drug-likeness (QED) is 0.405. The van der Waals surface area contributed by atoms with Crippen LogP contribution in [0.25, 0.3) is 0 Å². The lowest BCUT2D eigenvalue weighted by molar-refractivity contribution is -0.151. The molecule has 1 aromatic carbocycles. The molecule has 3 N–H and O–H groups in total. The molecule has 8 nitrogen and oxygen atoms in total. The number of carbonyl (C=O) groups excluding carboxylic acids is 3. The third kappa shape index (κ3) is 4.22. The third-order valence-corrected chi connectivity index (χ3v) is 8.75. The van der Waals surface area contributed by atoms with Gasteiger partial charge in [0.05, 0.1) is 30.1 Å². The predicted molar refractivity (Wildman–Crippen MR) is 136 cm³/mol. The van der Waals surface area contributed by atoms with Gasteiger partial charge in [0, 0.05) is 13.1 Å². The van der Waals surface area contributed by atoms with Gasteiger partial charge in [-0.3, -0.25) is 14.4 Å². The summed E-state index contributed by atoms with van der Waals surface area (Å²) in [5, 5.41) is 16.2. The van der Waals surface area contributed by atoms with Crippen molar-refractivity contribution in [2.24, 2.45) is 17.8 Å². The number of ether oxygens (including phenoxy) is 1. The van der Waals surface area contributed by atoms with Crippen LogP contribution in [0, 0.1) is 17.8 Å². The normalized spacial score (nSPS) is 33.5. The van der Waals surface area contributed by atoms with E-state index in [-0.39, 0.29) is 30.2 Å². The van der Waals surface area contributed by atoms with Crippen LogP contribution in [0.1, 0.15) is 65.4 Å². The van der Waals surface area contributed by atoms with Crippen LogP contribution >= 0.6 is 0 Å². The maximum atomic E-state index is 14.0. The standard InChI is InChI=1S/C28H41N3O5/c1-5-7-11-14-29-25(34)23-28-15-18(3)27(4,36-28)21(22(28)26(35)31(23)20(6-2)17-32)24(33)30-16-19-12-9-8-10-13-19/h8-10,12-13,18,20-23,32H,5-7,11,14-17H2,1-4H3,(H,29,34)(H,30,33)/t18?,20-,21-,22-,23?,27+,28?/m0/s1. The van der Waals surface area contributed by atoms with Gasteiger partial charge in [0.25, 0.3) is 0 Å². The predicted octanol–water partition coefficient (Wildman–Crippen LogP) is 2.39. The number of hydrogen-bond donors (Lipinski definition) is 3. The number of fused-ring (bicyclic) bond motifs is 1. The van der Waals surface area contributed by atoms with Crippen LogP contribution in [0.4, 0.5) is 0 Å². The molecule has 0 radical (unpaired) electrons. The molecule has 0 saturated carbocycles. The summed E-state index contributed by atoms with van der Waals surface area (Å²) in [6, 6.07) is 8.26. The van der Waals surface area contributed by atoms with Crippen LogP contribution in [0.3, 0.4) is 0 Å². The Hall–Kier alpha value is -2.45. The second-order valence-corrected chi connectivity index (χ2v) is 10.9. The van der Waals surface area contributed by atoms with Gasteiger partial charge in [-0.05, 0) is 37.7 Å². The van der Waals surface area contributed by atoms with Gasteiger partial charge < -0.3 is 25.4 Å². The number of rotatable bonds is 11. The van der Waals surface area contributed by atoms with E-state index in [1.165, 1.54) is 4.90 Å². The van der Waals surface area contributed by atoms with Gasteiger partial charge in [-0.15, -0.1) is 0 Å². The zero-order valence-corrected chi connectivity index (χ0v) is 22.0.